The van der Waals surface area contributed by atoms with Crippen molar-refractivity contribution in [2.45, 2.75) is 18.7 Å². The van der Waals surface area contributed by atoms with Crippen LogP contribution in [0.25, 0.3) is 0 Å². The second kappa shape index (κ2) is 8.13. The molecule has 1 unspecified atom stereocenters. The highest BCUT2D eigenvalue weighted by atomic mass is 35.5. The molecule has 24 heavy (non-hydrogen) atoms. The Balaban J connectivity index is 2.42. The molecule has 1 atom stereocenters. The van der Waals surface area contributed by atoms with E-state index in [1.807, 2.05) is 0 Å². The average molecular weight is 368 g/mol. The molecule has 126 valence electrons. The van der Waals surface area contributed by atoms with Crippen molar-refractivity contribution < 1.29 is 14.5 Å². The zero-order chi connectivity index (χ0) is 17.7. The van der Waals surface area contributed by atoms with Crippen LogP contribution in [0.2, 0.25) is 5.02 Å². The smallest absolute Gasteiger partial charge is 0.310 e. The van der Waals surface area contributed by atoms with E-state index in [2.05, 4.69) is 0 Å². The van der Waals surface area contributed by atoms with Gasteiger partial charge in [0.05, 0.1) is 23.3 Å². The van der Waals surface area contributed by atoms with E-state index in [0.717, 1.165) is 5.56 Å². The minimum Gasteiger partial charge on any atom is -0.466 e. The number of non-ortho nitro benzene ring substituents is 1. The molecule has 0 saturated heterocycles. The number of esters is 1. The summed E-state index contributed by atoms with van der Waals surface area (Å²) in [5, 5.41) is 11.0. The van der Waals surface area contributed by atoms with Gasteiger partial charge in [-0.05, 0) is 35.7 Å². The Bertz CT molecular complexity index is 747. The number of nitro groups is 1. The predicted octanol–water partition coefficient (Wildman–Crippen LogP) is 4.68. The monoisotopic (exact) mass is 367 g/mol. The van der Waals surface area contributed by atoms with Crippen LogP contribution in [0.4, 0.5) is 5.69 Å². The molecular weight excluding hydrogens is 353 g/mol. The van der Waals surface area contributed by atoms with Crippen molar-refractivity contribution in [1.29, 1.82) is 0 Å². The first-order chi connectivity index (χ1) is 11.4. The highest BCUT2D eigenvalue weighted by Crippen LogP contribution is 2.34. The summed E-state index contributed by atoms with van der Waals surface area (Å²) in [7, 11) is 0. The van der Waals surface area contributed by atoms with Gasteiger partial charge >= 0.3 is 5.97 Å². The van der Waals surface area contributed by atoms with Crippen LogP contribution in [0, 0.1) is 10.1 Å². The largest absolute Gasteiger partial charge is 0.466 e. The predicted molar refractivity (Wildman–Crippen MR) is 92.6 cm³/mol. The number of rotatable bonds is 6. The molecule has 2 rings (SSSR count). The first-order valence-corrected chi connectivity index (χ1v) is 8.06. The zero-order valence-corrected chi connectivity index (χ0v) is 14.4. The number of carbonyl (C=O) groups is 1. The van der Waals surface area contributed by atoms with Crippen molar-refractivity contribution in [2.24, 2.45) is 0 Å². The maximum atomic E-state index is 11.8. The molecule has 0 heterocycles. The molecule has 0 aromatic heterocycles. The molecule has 0 aliphatic heterocycles. The van der Waals surface area contributed by atoms with Crippen molar-refractivity contribution in [3.8, 4) is 0 Å². The van der Waals surface area contributed by atoms with Crippen LogP contribution in [0.3, 0.4) is 0 Å². The third kappa shape index (κ3) is 4.46. The summed E-state index contributed by atoms with van der Waals surface area (Å²) in [6.07, 6.45) is -0.00201. The van der Waals surface area contributed by atoms with Crippen LogP contribution < -0.4 is 0 Å². The summed E-state index contributed by atoms with van der Waals surface area (Å²) >= 11 is 12.4. The Hall–Kier alpha value is -2.11. The normalized spacial score (nSPS) is 11.8. The van der Waals surface area contributed by atoms with Gasteiger partial charge in [-0.15, -0.1) is 11.6 Å². The molecule has 5 nitrogen and oxygen atoms in total. The molecule has 0 aliphatic rings. The molecule has 0 fully saturated rings. The number of hydrogen-bond acceptors (Lipinski definition) is 4. The molecule has 2 aromatic carbocycles. The third-order valence-electron chi connectivity index (χ3n) is 3.42. The van der Waals surface area contributed by atoms with E-state index >= 15 is 0 Å². The Morgan fingerprint density at radius 1 is 1.25 bits per heavy atom. The van der Waals surface area contributed by atoms with Crippen molar-refractivity contribution in [3.05, 3.63) is 74.3 Å². The van der Waals surface area contributed by atoms with Crippen LogP contribution in [-0.2, 0) is 16.0 Å². The Labute approximate surface area is 149 Å². The van der Waals surface area contributed by atoms with E-state index in [4.69, 9.17) is 27.9 Å². The summed E-state index contributed by atoms with van der Waals surface area (Å²) in [5.41, 5.74) is 1.74. The summed E-state index contributed by atoms with van der Waals surface area (Å²) in [4.78, 5) is 22.3. The molecule has 0 spiro atoms. The van der Waals surface area contributed by atoms with Gasteiger partial charge in [-0.1, -0.05) is 29.8 Å². The molecule has 0 radical (unpaired) electrons. The van der Waals surface area contributed by atoms with Gasteiger partial charge in [-0.25, -0.2) is 0 Å². The second-order valence-electron chi connectivity index (χ2n) is 5.04. The van der Waals surface area contributed by atoms with Crippen molar-refractivity contribution in [3.63, 3.8) is 0 Å². The molecular formula is C17H15Cl2NO4. The van der Waals surface area contributed by atoms with E-state index in [1.165, 1.54) is 18.2 Å². The Morgan fingerprint density at radius 3 is 2.50 bits per heavy atom. The van der Waals surface area contributed by atoms with E-state index < -0.39 is 16.3 Å². The van der Waals surface area contributed by atoms with E-state index in [0.29, 0.717) is 16.1 Å². The van der Waals surface area contributed by atoms with Crippen LogP contribution in [0.15, 0.2) is 42.5 Å². The lowest BCUT2D eigenvalue weighted by Gasteiger charge is -2.15. The van der Waals surface area contributed by atoms with Crippen LogP contribution in [0.1, 0.15) is 29.0 Å². The quantitative estimate of drug-likeness (QED) is 0.321. The SMILES string of the molecule is CCOC(=O)Cc1ccc([N+](=O)[O-])cc1C(Cl)c1ccc(Cl)cc1. The summed E-state index contributed by atoms with van der Waals surface area (Å²) in [6.45, 7) is 1.98. The summed E-state index contributed by atoms with van der Waals surface area (Å²) in [5.74, 6) is -0.410. The maximum Gasteiger partial charge on any atom is 0.310 e. The topological polar surface area (TPSA) is 69.4 Å². The lowest BCUT2D eigenvalue weighted by molar-refractivity contribution is -0.384. The molecule has 0 aliphatic carbocycles. The minimum absolute atomic E-state index is 0.00201. The van der Waals surface area contributed by atoms with Gasteiger partial charge in [0.1, 0.15) is 0 Å². The minimum atomic E-state index is -0.647. The van der Waals surface area contributed by atoms with E-state index in [9.17, 15) is 14.9 Å². The van der Waals surface area contributed by atoms with Gasteiger partial charge in [0, 0.05) is 17.2 Å². The molecule has 0 saturated carbocycles. The van der Waals surface area contributed by atoms with Gasteiger partial charge in [0.2, 0.25) is 0 Å². The van der Waals surface area contributed by atoms with Gasteiger partial charge in [-0.3, -0.25) is 14.9 Å². The van der Waals surface area contributed by atoms with Crippen LogP contribution in [0.5, 0.6) is 0 Å². The molecule has 0 N–H and O–H groups in total. The van der Waals surface area contributed by atoms with Crippen molar-refractivity contribution >= 4 is 34.9 Å². The van der Waals surface area contributed by atoms with E-state index in [1.54, 1.807) is 31.2 Å². The number of hydrogen-bond donors (Lipinski definition) is 0. The van der Waals surface area contributed by atoms with Crippen LogP contribution in [-0.4, -0.2) is 17.5 Å². The maximum absolute atomic E-state index is 11.8. The van der Waals surface area contributed by atoms with Crippen molar-refractivity contribution in [1.82, 2.24) is 0 Å². The Kier molecular flexibility index (Phi) is 6.17. The average Bonchev–Trinajstić information content (AvgIpc) is 2.55. The van der Waals surface area contributed by atoms with Crippen LogP contribution >= 0.6 is 23.2 Å². The van der Waals surface area contributed by atoms with Gasteiger partial charge in [-0.2, -0.15) is 0 Å². The van der Waals surface area contributed by atoms with Crippen molar-refractivity contribution in [2.75, 3.05) is 6.61 Å². The highest BCUT2D eigenvalue weighted by Gasteiger charge is 2.20. The number of benzene rings is 2. The first kappa shape index (κ1) is 18.2. The summed E-state index contributed by atoms with van der Waals surface area (Å²) < 4.78 is 4.95. The Morgan fingerprint density at radius 2 is 1.92 bits per heavy atom. The lowest BCUT2D eigenvalue weighted by atomic mass is 9.96. The number of nitrogens with zero attached hydrogens (tertiary/aromatic N) is 1. The molecule has 0 bridgehead atoms. The van der Waals surface area contributed by atoms with Gasteiger partial charge in [0.25, 0.3) is 5.69 Å². The molecule has 2 aromatic rings. The molecule has 0 amide bonds. The third-order valence-corrected chi connectivity index (χ3v) is 4.16. The fourth-order valence-corrected chi connectivity index (χ4v) is 2.75. The number of carbonyl (C=O) groups excluding carboxylic acids is 1. The zero-order valence-electron chi connectivity index (χ0n) is 12.9. The molecule has 7 heteroatoms. The second-order valence-corrected chi connectivity index (χ2v) is 5.91. The van der Waals surface area contributed by atoms with E-state index in [-0.39, 0.29) is 18.7 Å². The number of halogens is 2. The lowest BCUT2D eigenvalue weighted by Crippen LogP contribution is -2.10. The highest BCUT2D eigenvalue weighted by molar-refractivity contribution is 6.30. The number of alkyl halides is 1. The number of nitro benzene ring substituents is 1. The fraction of sp³-hybridized carbons (Fsp3) is 0.235. The number of ether oxygens (including phenoxy) is 1. The van der Waals surface area contributed by atoms with Gasteiger partial charge in [0.15, 0.2) is 0 Å². The fourth-order valence-electron chi connectivity index (χ4n) is 2.27. The van der Waals surface area contributed by atoms with Gasteiger partial charge < -0.3 is 4.74 Å². The standard InChI is InChI=1S/C17H15Cl2NO4/c1-2-24-16(21)9-12-5-8-14(20(22)23)10-15(12)17(19)11-3-6-13(18)7-4-11/h3-8,10,17H,2,9H2,1H3. The summed E-state index contributed by atoms with van der Waals surface area (Å²) in [6, 6.07) is 11.1. The first-order valence-electron chi connectivity index (χ1n) is 7.24.